The van der Waals surface area contributed by atoms with Gasteiger partial charge in [0.2, 0.25) is 0 Å². The smallest absolute Gasteiger partial charge is 0.169 e. The van der Waals surface area contributed by atoms with Crippen LogP contribution in [0.2, 0.25) is 12.6 Å². The Morgan fingerprint density at radius 1 is 1.27 bits per heavy atom. The van der Waals surface area contributed by atoms with E-state index in [4.69, 9.17) is 14.3 Å². The maximum atomic E-state index is 9.01. The molecule has 0 bridgehead atoms. The van der Waals surface area contributed by atoms with Crippen molar-refractivity contribution in [2.45, 2.75) is 19.0 Å². The van der Waals surface area contributed by atoms with Crippen LogP contribution in [0.4, 0.5) is 0 Å². The van der Waals surface area contributed by atoms with Gasteiger partial charge in [-0.05, 0) is 19.0 Å². The number of hydrogen-bond donors (Lipinski definition) is 1. The van der Waals surface area contributed by atoms with Gasteiger partial charge in [-0.1, -0.05) is 0 Å². The molecule has 0 spiro atoms. The molecular weight excluding hydrogens is 160 g/mol. The summed E-state index contributed by atoms with van der Waals surface area (Å²) in [5.74, 6) is 0. The maximum Gasteiger partial charge on any atom is 0.169 e. The van der Waals surface area contributed by atoms with Crippen LogP contribution in [-0.2, 0) is 9.47 Å². The number of rotatable bonds is 7. The van der Waals surface area contributed by atoms with Gasteiger partial charge < -0.3 is 14.3 Å². The fourth-order valence-electron chi connectivity index (χ4n) is 0.725. The lowest BCUT2D eigenvalue weighted by molar-refractivity contribution is 0.0708. The Bertz CT molecular complexity index is 78.1. The molecule has 0 aliphatic rings. The van der Waals surface area contributed by atoms with E-state index in [9.17, 15) is 0 Å². The van der Waals surface area contributed by atoms with Gasteiger partial charge in [0.15, 0.2) is 9.04 Å². The monoisotopic (exact) mass is 178 g/mol. The lowest BCUT2D eigenvalue weighted by atomic mass is 10.5. The van der Waals surface area contributed by atoms with Crippen molar-refractivity contribution in [3.63, 3.8) is 0 Å². The second-order valence-corrected chi connectivity index (χ2v) is 4.87. The van der Waals surface area contributed by atoms with Crippen molar-refractivity contribution in [2.24, 2.45) is 0 Å². The maximum absolute atomic E-state index is 9.01. The molecular formula is C7H18O3Si. The first kappa shape index (κ1) is 11.1. The Morgan fingerprint density at radius 3 is 2.55 bits per heavy atom. The molecule has 0 aliphatic heterocycles. The minimum Gasteiger partial charge on any atom is -0.435 e. The van der Waals surface area contributed by atoms with Gasteiger partial charge in [0.1, 0.15) is 0 Å². The van der Waals surface area contributed by atoms with Crippen molar-refractivity contribution < 1.29 is 14.3 Å². The third kappa shape index (κ3) is 10.1. The number of hydrogen-bond acceptors (Lipinski definition) is 3. The quantitative estimate of drug-likeness (QED) is 0.452. The van der Waals surface area contributed by atoms with Crippen molar-refractivity contribution in [1.82, 2.24) is 0 Å². The molecule has 1 atom stereocenters. The molecule has 0 aromatic heterocycles. The second kappa shape index (κ2) is 8.20. The molecule has 11 heavy (non-hydrogen) atoms. The zero-order valence-electron chi connectivity index (χ0n) is 7.38. The molecule has 0 rings (SSSR count). The molecule has 68 valence electrons. The molecule has 0 fully saturated rings. The Balaban J connectivity index is 2.80. The minimum absolute atomic E-state index is 0.659. The van der Waals surface area contributed by atoms with Crippen LogP contribution in [0.15, 0.2) is 0 Å². The molecule has 0 radical (unpaired) electrons. The van der Waals surface area contributed by atoms with Gasteiger partial charge >= 0.3 is 0 Å². The molecule has 1 unspecified atom stereocenters. The largest absolute Gasteiger partial charge is 0.435 e. The van der Waals surface area contributed by atoms with Gasteiger partial charge in [-0.25, -0.2) is 0 Å². The predicted molar refractivity (Wildman–Crippen MR) is 47.4 cm³/mol. The summed E-state index contributed by atoms with van der Waals surface area (Å²) in [5.41, 5.74) is 0. The van der Waals surface area contributed by atoms with Crippen LogP contribution in [-0.4, -0.2) is 40.8 Å². The molecule has 0 amide bonds. The summed E-state index contributed by atoms with van der Waals surface area (Å²) in [6.45, 7) is 4.00. The minimum atomic E-state index is -1.34. The third-order valence-corrected chi connectivity index (χ3v) is 2.59. The summed E-state index contributed by atoms with van der Waals surface area (Å²) in [7, 11) is 0.318. The highest BCUT2D eigenvalue weighted by atomic mass is 28.3. The van der Waals surface area contributed by atoms with Crippen LogP contribution in [0.3, 0.4) is 0 Å². The highest BCUT2D eigenvalue weighted by Crippen LogP contribution is 1.94. The van der Waals surface area contributed by atoms with Crippen LogP contribution in [0.5, 0.6) is 0 Å². The zero-order chi connectivity index (χ0) is 8.53. The zero-order valence-corrected chi connectivity index (χ0v) is 8.53. The standard InChI is InChI=1S/C7H18O3Si/c1-9-5-6-10-4-3-7-11(2)8/h8,11H,3-7H2,1-2H3. The first-order valence-electron chi connectivity index (χ1n) is 4.02. The van der Waals surface area contributed by atoms with Crippen LogP contribution < -0.4 is 0 Å². The van der Waals surface area contributed by atoms with Crippen molar-refractivity contribution in [3.8, 4) is 0 Å². The Labute approximate surface area is 70.1 Å². The fourth-order valence-corrected chi connectivity index (χ4v) is 1.48. The van der Waals surface area contributed by atoms with Gasteiger partial charge in [0.05, 0.1) is 13.2 Å². The average Bonchev–Trinajstić information content (AvgIpc) is 1.96. The number of ether oxygens (including phenoxy) is 2. The molecule has 0 saturated heterocycles. The van der Waals surface area contributed by atoms with Gasteiger partial charge in [0, 0.05) is 13.7 Å². The summed E-state index contributed by atoms with van der Waals surface area (Å²) in [6.07, 6.45) is 0.980. The average molecular weight is 178 g/mol. The van der Waals surface area contributed by atoms with Crippen molar-refractivity contribution in [2.75, 3.05) is 26.9 Å². The molecule has 0 heterocycles. The molecule has 0 aromatic carbocycles. The van der Waals surface area contributed by atoms with E-state index >= 15 is 0 Å². The van der Waals surface area contributed by atoms with E-state index in [0.717, 1.165) is 19.1 Å². The lowest BCUT2D eigenvalue weighted by Gasteiger charge is -2.03. The van der Waals surface area contributed by atoms with Gasteiger partial charge in [0.25, 0.3) is 0 Å². The molecule has 4 heteroatoms. The first-order valence-corrected chi connectivity index (χ1v) is 6.51. The first-order chi connectivity index (χ1) is 5.27. The predicted octanol–water partition coefficient (Wildman–Crippen LogP) is 0.385. The summed E-state index contributed by atoms with van der Waals surface area (Å²) in [4.78, 5) is 9.01. The SMILES string of the molecule is COCCOCCC[SiH](C)O. The van der Waals surface area contributed by atoms with E-state index < -0.39 is 9.04 Å². The van der Waals surface area contributed by atoms with Crippen molar-refractivity contribution in [1.29, 1.82) is 0 Å². The fraction of sp³-hybridized carbons (Fsp3) is 1.00. The topological polar surface area (TPSA) is 38.7 Å². The second-order valence-electron chi connectivity index (χ2n) is 2.60. The van der Waals surface area contributed by atoms with Gasteiger partial charge in [-0.2, -0.15) is 0 Å². The molecule has 0 aliphatic carbocycles. The highest BCUT2D eigenvalue weighted by Gasteiger charge is 1.96. The summed E-state index contributed by atoms with van der Waals surface area (Å²) >= 11 is 0. The summed E-state index contributed by atoms with van der Waals surface area (Å²) in [6, 6.07) is 0.951. The van der Waals surface area contributed by atoms with Crippen LogP contribution in [0.1, 0.15) is 6.42 Å². The Kier molecular flexibility index (Phi) is 8.27. The van der Waals surface area contributed by atoms with Crippen molar-refractivity contribution >= 4 is 9.04 Å². The number of methoxy groups -OCH3 is 1. The van der Waals surface area contributed by atoms with Gasteiger partial charge in [-0.3, -0.25) is 0 Å². The van der Waals surface area contributed by atoms with E-state index in [0.29, 0.717) is 13.2 Å². The van der Waals surface area contributed by atoms with E-state index in [1.165, 1.54) is 0 Å². The van der Waals surface area contributed by atoms with Crippen molar-refractivity contribution in [3.05, 3.63) is 0 Å². The van der Waals surface area contributed by atoms with E-state index in [-0.39, 0.29) is 0 Å². The Morgan fingerprint density at radius 2 is 2.00 bits per heavy atom. The van der Waals surface area contributed by atoms with E-state index in [2.05, 4.69) is 0 Å². The van der Waals surface area contributed by atoms with E-state index in [1.54, 1.807) is 7.11 Å². The normalized spacial score (nSPS) is 13.4. The highest BCUT2D eigenvalue weighted by molar-refractivity contribution is 6.48. The van der Waals surface area contributed by atoms with E-state index in [1.807, 2.05) is 6.55 Å². The lowest BCUT2D eigenvalue weighted by Crippen LogP contribution is -2.08. The van der Waals surface area contributed by atoms with Crippen LogP contribution in [0, 0.1) is 0 Å². The summed E-state index contributed by atoms with van der Waals surface area (Å²) < 4.78 is 10.0. The molecule has 1 N–H and O–H groups in total. The molecule has 0 saturated carbocycles. The van der Waals surface area contributed by atoms with Crippen LogP contribution >= 0.6 is 0 Å². The van der Waals surface area contributed by atoms with Gasteiger partial charge in [-0.15, -0.1) is 0 Å². The molecule has 0 aromatic rings. The summed E-state index contributed by atoms with van der Waals surface area (Å²) in [5, 5.41) is 0. The third-order valence-electron chi connectivity index (χ3n) is 1.34. The van der Waals surface area contributed by atoms with Crippen LogP contribution in [0.25, 0.3) is 0 Å². The Hall–Kier alpha value is 0.0969. The molecule has 3 nitrogen and oxygen atoms in total.